The van der Waals surface area contributed by atoms with Crippen LogP contribution in [0.3, 0.4) is 0 Å². The quantitative estimate of drug-likeness (QED) is 0.741. The van der Waals surface area contributed by atoms with Crippen LogP contribution in [0.1, 0.15) is 43.6 Å². The van der Waals surface area contributed by atoms with Gasteiger partial charge >= 0.3 is 0 Å². The van der Waals surface area contributed by atoms with Crippen LogP contribution in [0.4, 0.5) is 0 Å². The number of nitrogens with zero attached hydrogens (tertiary/aromatic N) is 4. The Balaban J connectivity index is 1.73. The molecule has 4 heterocycles. The van der Waals surface area contributed by atoms with E-state index >= 15 is 0 Å². The van der Waals surface area contributed by atoms with Gasteiger partial charge in [0.2, 0.25) is 0 Å². The van der Waals surface area contributed by atoms with E-state index in [9.17, 15) is 0 Å². The Morgan fingerprint density at radius 2 is 2.27 bits per heavy atom. The number of hydrogen-bond donors (Lipinski definition) is 0. The molecule has 0 radical (unpaired) electrons. The van der Waals surface area contributed by atoms with E-state index < -0.39 is 0 Å². The summed E-state index contributed by atoms with van der Waals surface area (Å²) < 4.78 is 12.8. The SMILES string of the molecule is CC(C)c1nn(C)c2sc(-c3nc([C@H]4CCOC4)no3)cc12. The van der Waals surface area contributed by atoms with Gasteiger partial charge in [0, 0.05) is 25.0 Å². The molecule has 0 spiro atoms. The molecule has 6 nitrogen and oxygen atoms in total. The third-order valence-corrected chi connectivity index (χ3v) is 5.22. The smallest absolute Gasteiger partial charge is 0.268 e. The van der Waals surface area contributed by atoms with Gasteiger partial charge in [-0.25, -0.2) is 0 Å². The average Bonchev–Trinajstić information content (AvgIpc) is 3.24. The molecule has 1 atom stereocenters. The van der Waals surface area contributed by atoms with Gasteiger partial charge in [-0.2, -0.15) is 10.1 Å². The molecular weight excluding hydrogens is 300 g/mol. The first-order valence-electron chi connectivity index (χ1n) is 7.51. The number of rotatable bonds is 3. The first kappa shape index (κ1) is 13.9. The summed E-state index contributed by atoms with van der Waals surface area (Å²) in [6, 6.07) is 2.12. The highest BCUT2D eigenvalue weighted by Crippen LogP contribution is 2.37. The lowest BCUT2D eigenvalue weighted by Gasteiger charge is -1.98. The van der Waals surface area contributed by atoms with Crippen LogP contribution in [-0.4, -0.2) is 33.1 Å². The molecule has 1 aliphatic rings. The van der Waals surface area contributed by atoms with E-state index in [1.807, 2.05) is 11.7 Å². The molecule has 0 bridgehead atoms. The first-order valence-corrected chi connectivity index (χ1v) is 8.33. The lowest BCUT2D eigenvalue weighted by molar-refractivity contribution is 0.192. The lowest BCUT2D eigenvalue weighted by Crippen LogP contribution is -1.99. The second-order valence-electron chi connectivity index (χ2n) is 6.01. The van der Waals surface area contributed by atoms with Crippen molar-refractivity contribution >= 4 is 21.6 Å². The lowest BCUT2D eigenvalue weighted by atomic mass is 10.1. The van der Waals surface area contributed by atoms with Gasteiger partial charge in [-0.15, -0.1) is 11.3 Å². The van der Waals surface area contributed by atoms with Crippen molar-refractivity contribution in [2.24, 2.45) is 7.05 Å². The second-order valence-corrected chi connectivity index (χ2v) is 7.04. The second kappa shape index (κ2) is 5.17. The molecule has 0 unspecified atom stereocenters. The highest BCUT2D eigenvalue weighted by Gasteiger charge is 2.24. The predicted molar refractivity (Wildman–Crippen MR) is 84.1 cm³/mol. The fourth-order valence-electron chi connectivity index (χ4n) is 2.84. The molecule has 7 heteroatoms. The third-order valence-electron chi connectivity index (χ3n) is 4.03. The van der Waals surface area contributed by atoms with Gasteiger partial charge in [0.1, 0.15) is 4.83 Å². The van der Waals surface area contributed by atoms with Crippen LogP contribution in [-0.2, 0) is 11.8 Å². The summed E-state index contributed by atoms with van der Waals surface area (Å²) in [6.45, 7) is 5.78. The molecule has 0 N–H and O–H groups in total. The maximum Gasteiger partial charge on any atom is 0.268 e. The Kier molecular flexibility index (Phi) is 3.27. The van der Waals surface area contributed by atoms with Crippen molar-refractivity contribution in [1.82, 2.24) is 19.9 Å². The molecule has 4 rings (SSSR count). The first-order chi connectivity index (χ1) is 10.6. The molecule has 0 aliphatic carbocycles. The maximum atomic E-state index is 5.47. The standard InChI is InChI=1S/C15H18N4O2S/c1-8(2)12-10-6-11(22-15(10)19(3)17-12)14-16-13(18-21-14)9-4-5-20-7-9/h6,8-9H,4-5,7H2,1-3H3/t9-/m0/s1. The molecule has 0 saturated carbocycles. The van der Waals surface area contributed by atoms with E-state index in [2.05, 4.69) is 35.2 Å². The number of aromatic nitrogens is 4. The van der Waals surface area contributed by atoms with Crippen LogP contribution >= 0.6 is 11.3 Å². The summed E-state index contributed by atoms with van der Waals surface area (Å²) in [4.78, 5) is 6.71. The zero-order chi connectivity index (χ0) is 15.3. The minimum atomic E-state index is 0.264. The van der Waals surface area contributed by atoms with Gasteiger partial charge in [0.05, 0.1) is 17.2 Å². The van der Waals surface area contributed by atoms with Gasteiger partial charge in [0.15, 0.2) is 5.82 Å². The zero-order valence-electron chi connectivity index (χ0n) is 12.9. The summed E-state index contributed by atoms with van der Waals surface area (Å²) in [7, 11) is 1.98. The number of thiophene rings is 1. The van der Waals surface area contributed by atoms with Crippen molar-refractivity contribution in [3.05, 3.63) is 17.6 Å². The monoisotopic (exact) mass is 318 g/mol. The van der Waals surface area contributed by atoms with E-state index in [1.54, 1.807) is 11.3 Å². The van der Waals surface area contributed by atoms with E-state index in [0.717, 1.165) is 34.3 Å². The summed E-state index contributed by atoms with van der Waals surface area (Å²) in [6.07, 6.45) is 0.965. The fourth-order valence-corrected chi connectivity index (χ4v) is 3.84. The average molecular weight is 318 g/mol. The van der Waals surface area contributed by atoms with E-state index in [4.69, 9.17) is 9.26 Å². The van der Waals surface area contributed by atoms with E-state index in [1.165, 1.54) is 5.39 Å². The van der Waals surface area contributed by atoms with Crippen LogP contribution in [0.5, 0.6) is 0 Å². The van der Waals surface area contributed by atoms with Crippen molar-refractivity contribution in [3.63, 3.8) is 0 Å². The van der Waals surface area contributed by atoms with Gasteiger partial charge in [-0.05, 0) is 18.4 Å². The van der Waals surface area contributed by atoms with Crippen LogP contribution < -0.4 is 0 Å². The molecule has 0 aromatic carbocycles. The highest BCUT2D eigenvalue weighted by atomic mass is 32.1. The maximum absolute atomic E-state index is 5.47. The normalized spacial score (nSPS) is 18.8. The number of aryl methyl sites for hydroxylation is 1. The van der Waals surface area contributed by atoms with Gasteiger partial charge in [-0.1, -0.05) is 19.0 Å². The number of hydrogen-bond acceptors (Lipinski definition) is 6. The van der Waals surface area contributed by atoms with Gasteiger partial charge in [-0.3, -0.25) is 4.68 Å². The Morgan fingerprint density at radius 3 is 3.00 bits per heavy atom. The van der Waals surface area contributed by atoms with Crippen LogP contribution in [0.15, 0.2) is 10.6 Å². The van der Waals surface area contributed by atoms with E-state index in [0.29, 0.717) is 18.4 Å². The minimum absolute atomic E-state index is 0.264. The molecule has 1 saturated heterocycles. The topological polar surface area (TPSA) is 66.0 Å². The molecule has 116 valence electrons. The largest absolute Gasteiger partial charge is 0.381 e. The van der Waals surface area contributed by atoms with Crippen molar-refractivity contribution in [3.8, 4) is 10.8 Å². The predicted octanol–water partition coefficient (Wildman–Crippen LogP) is 3.31. The highest BCUT2D eigenvalue weighted by molar-refractivity contribution is 7.21. The van der Waals surface area contributed by atoms with Gasteiger partial charge < -0.3 is 9.26 Å². The Hall–Kier alpha value is -1.73. The zero-order valence-corrected chi connectivity index (χ0v) is 13.7. The molecule has 1 aliphatic heterocycles. The fraction of sp³-hybridized carbons (Fsp3) is 0.533. The molecule has 3 aromatic heterocycles. The number of fused-ring (bicyclic) bond motifs is 1. The summed E-state index contributed by atoms with van der Waals surface area (Å²) in [5.74, 6) is 2.00. The van der Waals surface area contributed by atoms with Crippen molar-refractivity contribution < 1.29 is 9.26 Å². The molecule has 0 amide bonds. The molecule has 1 fully saturated rings. The van der Waals surface area contributed by atoms with Crippen molar-refractivity contribution in [1.29, 1.82) is 0 Å². The van der Waals surface area contributed by atoms with Crippen LogP contribution in [0.2, 0.25) is 0 Å². The molecule has 3 aromatic rings. The Morgan fingerprint density at radius 1 is 1.41 bits per heavy atom. The Bertz CT molecular complexity index is 811. The summed E-state index contributed by atoms with van der Waals surface area (Å²) in [5.41, 5.74) is 1.11. The summed E-state index contributed by atoms with van der Waals surface area (Å²) >= 11 is 1.64. The third kappa shape index (κ3) is 2.16. The van der Waals surface area contributed by atoms with Crippen molar-refractivity contribution in [2.75, 3.05) is 13.2 Å². The minimum Gasteiger partial charge on any atom is -0.381 e. The van der Waals surface area contributed by atoms with Crippen molar-refractivity contribution in [2.45, 2.75) is 32.1 Å². The number of ether oxygens (including phenoxy) is 1. The van der Waals surface area contributed by atoms with E-state index in [-0.39, 0.29) is 5.92 Å². The molecule has 22 heavy (non-hydrogen) atoms. The van der Waals surface area contributed by atoms with Crippen LogP contribution in [0.25, 0.3) is 21.0 Å². The summed E-state index contributed by atoms with van der Waals surface area (Å²) in [5, 5.41) is 9.91. The van der Waals surface area contributed by atoms with Crippen LogP contribution in [0, 0.1) is 0 Å². The Labute approximate surface area is 132 Å². The molecular formula is C15H18N4O2S. The van der Waals surface area contributed by atoms with Gasteiger partial charge in [0.25, 0.3) is 5.89 Å².